The first-order valence-electron chi connectivity index (χ1n) is 7.87. The van der Waals surface area contributed by atoms with Crippen LogP contribution >= 0.6 is 11.6 Å². The van der Waals surface area contributed by atoms with Crippen LogP contribution in [0.2, 0.25) is 5.02 Å². The Morgan fingerprint density at radius 1 is 1.12 bits per heavy atom. The van der Waals surface area contributed by atoms with Crippen molar-refractivity contribution in [1.82, 2.24) is 4.90 Å². The first-order chi connectivity index (χ1) is 12.5. The van der Waals surface area contributed by atoms with Crippen molar-refractivity contribution < 1.29 is 24.2 Å². The average molecular weight is 372 g/mol. The predicted molar refractivity (Wildman–Crippen MR) is 94.1 cm³/mol. The van der Waals surface area contributed by atoms with E-state index in [9.17, 15) is 14.7 Å². The normalized spacial score (nSPS) is 20.7. The van der Waals surface area contributed by atoms with E-state index in [2.05, 4.69) is 0 Å². The molecule has 132 valence electrons. The number of aliphatic hydroxyl groups excluding tert-OH is 1. The van der Waals surface area contributed by atoms with E-state index in [0.717, 1.165) is 0 Å². The number of aliphatic hydroxyl groups is 1. The van der Waals surface area contributed by atoms with Gasteiger partial charge in [-0.2, -0.15) is 0 Å². The maximum atomic E-state index is 12.5. The molecule has 2 heterocycles. The number of ketones is 1. The summed E-state index contributed by atoms with van der Waals surface area (Å²) in [7, 11) is 1.53. The Kier molecular flexibility index (Phi) is 3.85. The third-order valence-corrected chi connectivity index (χ3v) is 4.76. The minimum atomic E-state index is -0.734. The summed E-state index contributed by atoms with van der Waals surface area (Å²) in [5.74, 6) is -0.523. The van der Waals surface area contributed by atoms with E-state index in [1.54, 1.807) is 42.5 Å². The van der Waals surface area contributed by atoms with Gasteiger partial charge in [0.1, 0.15) is 5.76 Å². The molecule has 0 saturated carbocycles. The molecule has 4 rings (SSSR count). The Hall–Kier alpha value is -2.99. The largest absolute Gasteiger partial charge is 0.507 e. The highest BCUT2D eigenvalue weighted by atomic mass is 35.5. The van der Waals surface area contributed by atoms with Crippen LogP contribution in [0.15, 0.2) is 48.0 Å². The van der Waals surface area contributed by atoms with Gasteiger partial charge in [0.2, 0.25) is 6.79 Å². The number of likely N-dealkylation sites (tertiary alicyclic amines) is 1. The third-order valence-electron chi connectivity index (χ3n) is 4.51. The van der Waals surface area contributed by atoms with Gasteiger partial charge in [-0.05, 0) is 42.0 Å². The number of amides is 1. The summed E-state index contributed by atoms with van der Waals surface area (Å²) in [4.78, 5) is 26.1. The second-order valence-electron chi connectivity index (χ2n) is 6.03. The van der Waals surface area contributed by atoms with E-state index in [4.69, 9.17) is 21.1 Å². The van der Waals surface area contributed by atoms with Crippen LogP contribution in [0.3, 0.4) is 0 Å². The fourth-order valence-electron chi connectivity index (χ4n) is 3.18. The molecule has 2 aromatic carbocycles. The summed E-state index contributed by atoms with van der Waals surface area (Å²) in [6.45, 7) is 0.121. The maximum absolute atomic E-state index is 12.5. The van der Waals surface area contributed by atoms with Crippen LogP contribution < -0.4 is 9.47 Å². The number of ether oxygens (including phenoxy) is 2. The molecule has 7 heteroatoms. The molecule has 1 amide bonds. The van der Waals surface area contributed by atoms with Crippen LogP contribution in [-0.2, 0) is 9.59 Å². The molecule has 2 aliphatic rings. The summed E-state index contributed by atoms with van der Waals surface area (Å²) in [5, 5.41) is 11.2. The minimum Gasteiger partial charge on any atom is -0.507 e. The minimum absolute atomic E-state index is 0.0266. The van der Waals surface area contributed by atoms with Crippen LogP contribution in [0, 0.1) is 0 Å². The lowest BCUT2D eigenvalue weighted by Gasteiger charge is -2.21. The Labute approximate surface area is 154 Å². The number of fused-ring (bicyclic) bond motifs is 1. The molecule has 0 aliphatic carbocycles. The zero-order valence-electron chi connectivity index (χ0n) is 13.7. The lowest BCUT2D eigenvalue weighted by Crippen LogP contribution is -2.24. The van der Waals surface area contributed by atoms with Gasteiger partial charge in [-0.3, -0.25) is 9.59 Å². The van der Waals surface area contributed by atoms with Gasteiger partial charge < -0.3 is 19.5 Å². The van der Waals surface area contributed by atoms with Crippen LogP contribution in [0.5, 0.6) is 11.5 Å². The fourth-order valence-corrected chi connectivity index (χ4v) is 3.31. The monoisotopic (exact) mass is 371 g/mol. The summed E-state index contributed by atoms with van der Waals surface area (Å²) in [6, 6.07) is 10.9. The Balaban J connectivity index is 1.85. The smallest absolute Gasteiger partial charge is 0.295 e. The molecule has 1 atom stereocenters. The number of likely N-dealkylation sites (N-methyl/N-ethyl adjacent to an activating group) is 1. The lowest BCUT2D eigenvalue weighted by molar-refractivity contribution is -0.139. The number of carbonyl (C=O) groups excluding carboxylic acids is 2. The quantitative estimate of drug-likeness (QED) is 0.498. The zero-order chi connectivity index (χ0) is 18.4. The van der Waals surface area contributed by atoms with E-state index in [-0.39, 0.29) is 18.1 Å². The molecule has 6 nitrogen and oxygen atoms in total. The van der Waals surface area contributed by atoms with Crippen LogP contribution in [0.25, 0.3) is 5.76 Å². The summed E-state index contributed by atoms with van der Waals surface area (Å²) >= 11 is 5.88. The molecule has 0 aromatic heterocycles. The molecular weight excluding hydrogens is 358 g/mol. The number of carbonyl (C=O) groups is 2. The van der Waals surface area contributed by atoms with Crippen molar-refractivity contribution in [1.29, 1.82) is 0 Å². The van der Waals surface area contributed by atoms with E-state index in [0.29, 0.717) is 27.6 Å². The number of Topliss-reactive ketones (excluding diaryl/α,β-unsaturated/α-hetero) is 1. The number of halogens is 1. The number of hydrogen-bond donors (Lipinski definition) is 1. The van der Waals surface area contributed by atoms with E-state index >= 15 is 0 Å². The van der Waals surface area contributed by atoms with E-state index < -0.39 is 17.7 Å². The van der Waals surface area contributed by atoms with Crippen molar-refractivity contribution in [3.05, 3.63) is 64.2 Å². The van der Waals surface area contributed by atoms with Crippen molar-refractivity contribution in [2.45, 2.75) is 6.04 Å². The van der Waals surface area contributed by atoms with E-state index in [1.165, 1.54) is 11.9 Å². The molecule has 1 unspecified atom stereocenters. The highest BCUT2D eigenvalue weighted by Crippen LogP contribution is 2.42. The van der Waals surface area contributed by atoms with Crippen LogP contribution in [-0.4, -0.2) is 35.5 Å². The zero-order valence-corrected chi connectivity index (χ0v) is 14.5. The van der Waals surface area contributed by atoms with Gasteiger partial charge >= 0.3 is 0 Å². The summed E-state index contributed by atoms with van der Waals surface area (Å²) in [5.41, 5.74) is 1.08. The molecule has 0 spiro atoms. The van der Waals surface area contributed by atoms with Crippen molar-refractivity contribution in [3.63, 3.8) is 0 Å². The fraction of sp³-hybridized carbons (Fsp3) is 0.158. The molecule has 0 bridgehead atoms. The van der Waals surface area contributed by atoms with Crippen molar-refractivity contribution in [3.8, 4) is 11.5 Å². The summed E-state index contributed by atoms with van der Waals surface area (Å²) in [6.07, 6.45) is 0. The molecule has 2 aliphatic heterocycles. The maximum Gasteiger partial charge on any atom is 0.295 e. The first kappa shape index (κ1) is 16.5. The Morgan fingerprint density at radius 3 is 2.54 bits per heavy atom. The van der Waals surface area contributed by atoms with Crippen LogP contribution in [0.4, 0.5) is 0 Å². The topological polar surface area (TPSA) is 76.1 Å². The standard InChI is InChI=1S/C19H14ClNO5/c1-21-16(11-4-7-13-14(8-11)26-9-25-13)15(18(23)19(21)24)17(22)10-2-5-12(20)6-3-10/h2-8,16,22H,9H2,1H3/b17-15-. The molecule has 26 heavy (non-hydrogen) atoms. The first-order valence-corrected chi connectivity index (χ1v) is 8.25. The number of hydrogen-bond acceptors (Lipinski definition) is 5. The van der Waals surface area contributed by atoms with Gasteiger partial charge in [-0.15, -0.1) is 0 Å². The second kappa shape index (κ2) is 6.07. The average Bonchev–Trinajstić information content (AvgIpc) is 3.19. The van der Waals surface area contributed by atoms with E-state index in [1.807, 2.05) is 0 Å². The molecule has 2 aromatic rings. The highest BCUT2D eigenvalue weighted by Gasteiger charge is 2.44. The molecule has 1 N–H and O–H groups in total. The second-order valence-corrected chi connectivity index (χ2v) is 6.47. The van der Waals surface area contributed by atoms with Gasteiger partial charge in [0.25, 0.3) is 11.7 Å². The highest BCUT2D eigenvalue weighted by molar-refractivity contribution is 6.46. The number of nitrogens with zero attached hydrogens (tertiary/aromatic N) is 1. The van der Waals surface area contributed by atoms with Gasteiger partial charge in [0.05, 0.1) is 11.6 Å². The van der Waals surface area contributed by atoms with Crippen molar-refractivity contribution in [2.75, 3.05) is 13.8 Å². The molecule has 0 radical (unpaired) electrons. The molecule has 1 fully saturated rings. The van der Waals surface area contributed by atoms with Gasteiger partial charge in [-0.1, -0.05) is 17.7 Å². The van der Waals surface area contributed by atoms with Crippen molar-refractivity contribution in [2.24, 2.45) is 0 Å². The van der Waals surface area contributed by atoms with Crippen LogP contribution in [0.1, 0.15) is 17.2 Å². The summed E-state index contributed by atoms with van der Waals surface area (Å²) < 4.78 is 10.7. The molecular formula is C19H14ClNO5. The van der Waals surface area contributed by atoms with Gasteiger partial charge in [0.15, 0.2) is 11.5 Å². The van der Waals surface area contributed by atoms with Crippen molar-refractivity contribution >= 4 is 29.1 Å². The predicted octanol–water partition coefficient (Wildman–Crippen LogP) is 3.12. The number of benzene rings is 2. The van der Waals surface area contributed by atoms with Gasteiger partial charge in [-0.25, -0.2) is 0 Å². The molecule has 1 saturated heterocycles. The number of rotatable bonds is 2. The Morgan fingerprint density at radius 2 is 1.81 bits per heavy atom. The van der Waals surface area contributed by atoms with Gasteiger partial charge in [0, 0.05) is 17.6 Å². The third kappa shape index (κ3) is 2.50. The SMILES string of the molecule is CN1C(=O)C(=O)/C(=C(\O)c2ccc(Cl)cc2)C1c1ccc2c(c1)OCO2. The Bertz CT molecular complexity index is 951. The lowest BCUT2D eigenvalue weighted by atomic mass is 9.95.